The van der Waals surface area contributed by atoms with E-state index in [-0.39, 0.29) is 11.7 Å². The van der Waals surface area contributed by atoms with Gasteiger partial charge in [0.15, 0.2) is 0 Å². The molecule has 102 valence electrons. The smallest absolute Gasteiger partial charge is 0.0810 e. The highest BCUT2D eigenvalue weighted by Gasteiger charge is 2.32. The third kappa shape index (κ3) is 5.36. The molecule has 0 saturated heterocycles. The number of likely N-dealkylation sites (N-methyl/N-ethyl adjacent to an activating group) is 1. The van der Waals surface area contributed by atoms with Crippen molar-refractivity contribution in [1.82, 2.24) is 5.32 Å². The molecule has 3 heteroatoms. The van der Waals surface area contributed by atoms with E-state index in [2.05, 4.69) is 12.2 Å². The van der Waals surface area contributed by atoms with E-state index >= 15 is 0 Å². The third-order valence-electron chi connectivity index (χ3n) is 3.52. The van der Waals surface area contributed by atoms with Crippen molar-refractivity contribution >= 4 is 0 Å². The van der Waals surface area contributed by atoms with Crippen LogP contribution in [0.3, 0.4) is 0 Å². The summed E-state index contributed by atoms with van der Waals surface area (Å²) in [6.07, 6.45) is 7.87. The Hall–Kier alpha value is -0.120. The van der Waals surface area contributed by atoms with E-state index in [9.17, 15) is 0 Å². The third-order valence-corrected chi connectivity index (χ3v) is 3.52. The van der Waals surface area contributed by atoms with E-state index in [4.69, 9.17) is 9.47 Å². The molecule has 1 N–H and O–H groups in total. The largest absolute Gasteiger partial charge is 0.379 e. The molecule has 0 amide bonds. The van der Waals surface area contributed by atoms with Crippen molar-refractivity contribution in [3.05, 3.63) is 0 Å². The summed E-state index contributed by atoms with van der Waals surface area (Å²) in [5.74, 6) is 0. The highest BCUT2D eigenvalue weighted by molar-refractivity contribution is 4.86. The Morgan fingerprint density at radius 2 is 1.82 bits per heavy atom. The standard InChI is InChI=1S/C14H29NO2/c1-4-16-11-13(2)17-14(12-15-3)9-7-5-6-8-10-14/h13,15H,4-12H2,1-3H3. The monoisotopic (exact) mass is 243 g/mol. The zero-order chi connectivity index (χ0) is 12.6. The second-order valence-corrected chi connectivity index (χ2v) is 5.22. The maximum absolute atomic E-state index is 6.31. The molecule has 17 heavy (non-hydrogen) atoms. The van der Waals surface area contributed by atoms with Crippen LogP contribution in [0.25, 0.3) is 0 Å². The zero-order valence-corrected chi connectivity index (χ0v) is 11.8. The highest BCUT2D eigenvalue weighted by atomic mass is 16.5. The Bertz CT molecular complexity index is 189. The van der Waals surface area contributed by atoms with Crippen molar-refractivity contribution in [3.8, 4) is 0 Å². The minimum absolute atomic E-state index is 0.0434. The first-order valence-electron chi connectivity index (χ1n) is 7.12. The number of rotatable bonds is 7. The minimum atomic E-state index is 0.0434. The molecule has 0 heterocycles. The Kier molecular flexibility index (Phi) is 7.09. The van der Waals surface area contributed by atoms with Crippen LogP contribution in [0.1, 0.15) is 52.4 Å². The first-order chi connectivity index (χ1) is 8.22. The van der Waals surface area contributed by atoms with Crippen molar-refractivity contribution < 1.29 is 9.47 Å². The van der Waals surface area contributed by atoms with Crippen LogP contribution in [-0.2, 0) is 9.47 Å². The van der Waals surface area contributed by atoms with Crippen LogP contribution >= 0.6 is 0 Å². The van der Waals surface area contributed by atoms with Crippen LogP contribution in [0.15, 0.2) is 0 Å². The topological polar surface area (TPSA) is 30.5 Å². The average Bonchev–Trinajstić information content (AvgIpc) is 2.53. The molecular formula is C14H29NO2. The number of ether oxygens (including phenoxy) is 2. The van der Waals surface area contributed by atoms with Crippen LogP contribution in [0.2, 0.25) is 0 Å². The molecule has 0 bridgehead atoms. The van der Waals surface area contributed by atoms with E-state index in [1.807, 2.05) is 14.0 Å². The van der Waals surface area contributed by atoms with Gasteiger partial charge in [-0.25, -0.2) is 0 Å². The van der Waals surface area contributed by atoms with Gasteiger partial charge >= 0.3 is 0 Å². The van der Waals surface area contributed by atoms with Crippen molar-refractivity contribution in [2.45, 2.75) is 64.1 Å². The lowest BCUT2D eigenvalue weighted by atomic mass is 9.93. The van der Waals surface area contributed by atoms with Crippen LogP contribution in [0.4, 0.5) is 0 Å². The maximum atomic E-state index is 6.31. The summed E-state index contributed by atoms with van der Waals surface area (Å²) in [6.45, 7) is 6.60. The fourth-order valence-electron chi connectivity index (χ4n) is 2.78. The summed E-state index contributed by atoms with van der Waals surface area (Å²) in [4.78, 5) is 0. The first-order valence-corrected chi connectivity index (χ1v) is 7.12. The molecule has 1 rings (SSSR count). The van der Waals surface area contributed by atoms with Crippen molar-refractivity contribution in [3.63, 3.8) is 0 Å². The molecule has 1 unspecified atom stereocenters. The minimum Gasteiger partial charge on any atom is -0.379 e. The fraction of sp³-hybridized carbons (Fsp3) is 1.00. The van der Waals surface area contributed by atoms with Gasteiger partial charge in [0.25, 0.3) is 0 Å². The first kappa shape index (κ1) is 14.9. The maximum Gasteiger partial charge on any atom is 0.0810 e. The lowest BCUT2D eigenvalue weighted by molar-refractivity contribution is -0.116. The zero-order valence-electron chi connectivity index (χ0n) is 11.8. The second kappa shape index (κ2) is 8.06. The molecular weight excluding hydrogens is 214 g/mol. The molecule has 0 aromatic carbocycles. The van der Waals surface area contributed by atoms with Gasteiger partial charge in [-0.2, -0.15) is 0 Å². The van der Waals surface area contributed by atoms with Gasteiger partial charge in [-0.05, 0) is 33.7 Å². The van der Waals surface area contributed by atoms with Gasteiger partial charge in [0.2, 0.25) is 0 Å². The molecule has 0 spiro atoms. The Morgan fingerprint density at radius 1 is 1.18 bits per heavy atom. The number of hydrogen-bond donors (Lipinski definition) is 1. The summed E-state index contributed by atoms with van der Waals surface area (Å²) < 4.78 is 11.8. The van der Waals surface area contributed by atoms with Crippen LogP contribution in [0, 0.1) is 0 Å². The van der Waals surface area contributed by atoms with Crippen molar-refractivity contribution in [2.24, 2.45) is 0 Å². The quantitative estimate of drug-likeness (QED) is 0.697. The van der Waals surface area contributed by atoms with E-state index in [0.717, 1.165) is 13.2 Å². The lowest BCUT2D eigenvalue weighted by Crippen LogP contribution is -2.44. The van der Waals surface area contributed by atoms with Gasteiger partial charge in [-0.1, -0.05) is 25.7 Å². The predicted octanol–water partition coefficient (Wildman–Crippen LogP) is 2.74. The van der Waals surface area contributed by atoms with Crippen LogP contribution in [0.5, 0.6) is 0 Å². The molecule has 1 saturated carbocycles. The average molecular weight is 243 g/mol. The van der Waals surface area contributed by atoms with Crippen LogP contribution < -0.4 is 5.32 Å². The molecule has 0 radical (unpaired) electrons. The molecule has 0 aromatic rings. The van der Waals surface area contributed by atoms with E-state index in [1.165, 1.54) is 38.5 Å². The molecule has 0 aliphatic heterocycles. The molecule has 1 fully saturated rings. The van der Waals surface area contributed by atoms with Gasteiger partial charge in [0.05, 0.1) is 18.3 Å². The highest BCUT2D eigenvalue weighted by Crippen LogP contribution is 2.31. The predicted molar refractivity (Wildman–Crippen MR) is 71.4 cm³/mol. The summed E-state index contributed by atoms with van der Waals surface area (Å²) in [6, 6.07) is 0. The molecule has 3 nitrogen and oxygen atoms in total. The van der Waals surface area contributed by atoms with Crippen molar-refractivity contribution in [2.75, 3.05) is 26.8 Å². The van der Waals surface area contributed by atoms with Gasteiger partial charge in [-0.15, -0.1) is 0 Å². The fourth-order valence-corrected chi connectivity index (χ4v) is 2.78. The SMILES string of the molecule is CCOCC(C)OC1(CNC)CCCCCC1. The molecule has 1 atom stereocenters. The van der Waals surface area contributed by atoms with Gasteiger partial charge in [0.1, 0.15) is 0 Å². The Balaban J connectivity index is 2.49. The van der Waals surface area contributed by atoms with Crippen LogP contribution in [-0.4, -0.2) is 38.5 Å². The summed E-state index contributed by atoms with van der Waals surface area (Å²) in [7, 11) is 2.02. The van der Waals surface area contributed by atoms with E-state index in [0.29, 0.717) is 6.61 Å². The lowest BCUT2D eigenvalue weighted by Gasteiger charge is -2.35. The second-order valence-electron chi connectivity index (χ2n) is 5.22. The summed E-state index contributed by atoms with van der Waals surface area (Å²) >= 11 is 0. The Labute approximate surface area is 106 Å². The number of hydrogen-bond acceptors (Lipinski definition) is 3. The van der Waals surface area contributed by atoms with E-state index < -0.39 is 0 Å². The van der Waals surface area contributed by atoms with Gasteiger partial charge in [0, 0.05) is 13.2 Å². The summed E-state index contributed by atoms with van der Waals surface area (Å²) in [5.41, 5.74) is 0.0434. The molecule has 1 aliphatic rings. The molecule has 0 aromatic heterocycles. The van der Waals surface area contributed by atoms with Gasteiger partial charge in [-0.3, -0.25) is 0 Å². The van der Waals surface area contributed by atoms with Gasteiger partial charge < -0.3 is 14.8 Å². The Morgan fingerprint density at radius 3 is 2.35 bits per heavy atom. The molecule has 1 aliphatic carbocycles. The normalized spacial score (nSPS) is 22.1. The van der Waals surface area contributed by atoms with E-state index in [1.54, 1.807) is 0 Å². The van der Waals surface area contributed by atoms with Crippen molar-refractivity contribution in [1.29, 1.82) is 0 Å². The summed E-state index contributed by atoms with van der Waals surface area (Å²) in [5, 5.41) is 3.30. The number of nitrogens with one attached hydrogen (secondary N) is 1.